The number of amides is 2. The fraction of sp³-hybridized carbons (Fsp3) is 0.235. The van der Waals surface area contributed by atoms with Gasteiger partial charge in [0.05, 0.1) is 17.6 Å². The number of carbonyl (C=O) groups is 2. The second kappa shape index (κ2) is 10.9. The number of hydrogen-bond acceptors (Lipinski definition) is 3. The van der Waals surface area contributed by atoms with Gasteiger partial charge in [-0.3, -0.25) is 9.59 Å². The maximum Gasteiger partial charge on any atom is 0.253 e. The number of piperidine rings is 1. The molecule has 0 radical (unpaired) electrons. The van der Waals surface area contributed by atoms with Crippen molar-refractivity contribution < 1.29 is 23.5 Å². The zero-order valence-corrected chi connectivity index (χ0v) is 22.4. The lowest BCUT2D eigenvalue weighted by Gasteiger charge is -2.42. The number of rotatable bonds is 5. The van der Waals surface area contributed by atoms with Crippen LogP contribution in [0.4, 0.5) is 8.78 Å². The first kappa shape index (κ1) is 26.8. The van der Waals surface area contributed by atoms with Crippen LogP contribution in [0.15, 0.2) is 97.1 Å². The predicted molar refractivity (Wildman–Crippen MR) is 152 cm³/mol. The van der Waals surface area contributed by atoms with Crippen molar-refractivity contribution in [2.75, 3.05) is 13.1 Å². The average Bonchev–Trinajstić information content (AvgIpc) is 3.32. The standard InChI is InChI=1S/C34H30F2N2O3/c35-27-13-9-23(10-14-27)22-5-7-24(8-6-22)32(40)38-19-17-34(18-20-38,26-11-15-28(36)16-12-26)33(41)37-31-29-4-2-1-3-25(29)21-30(31)39/h1-16,30-31,39H,17-21H2,(H,37,41)/t30-,31-/m0/s1. The molecule has 1 saturated heterocycles. The summed E-state index contributed by atoms with van der Waals surface area (Å²) >= 11 is 0. The van der Waals surface area contributed by atoms with Crippen molar-refractivity contribution in [3.8, 4) is 11.1 Å². The third kappa shape index (κ3) is 5.13. The van der Waals surface area contributed by atoms with Gasteiger partial charge in [0.25, 0.3) is 5.91 Å². The summed E-state index contributed by atoms with van der Waals surface area (Å²) in [6.07, 6.45) is 0.441. The minimum absolute atomic E-state index is 0.135. The summed E-state index contributed by atoms with van der Waals surface area (Å²) in [5.41, 5.74) is 3.88. The summed E-state index contributed by atoms with van der Waals surface area (Å²) in [5, 5.41) is 13.9. The number of nitrogens with one attached hydrogen (secondary N) is 1. The van der Waals surface area contributed by atoms with Crippen molar-refractivity contribution in [1.82, 2.24) is 10.2 Å². The lowest BCUT2D eigenvalue weighted by atomic mass is 9.71. The average molecular weight is 553 g/mol. The highest BCUT2D eigenvalue weighted by atomic mass is 19.1. The van der Waals surface area contributed by atoms with E-state index >= 15 is 0 Å². The number of likely N-dealkylation sites (tertiary alicyclic amines) is 1. The van der Waals surface area contributed by atoms with E-state index in [9.17, 15) is 23.5 Å². The zero-order chi connectivity index (χ0) is 28.6. The molecule has 0 bridgehead atoms. The van der Waals surface area contributed by atoms with Crippen LogP contribution in [0.5, 0.6) is 0 Å². The summed E-state index contributed by atoms with van der Waals surface area (Å²) in [5.74, 6) is -1.06. The van der Waals surface area contributed by atoms with Gasteiger partial charge in [0.2, 0.25) is 5.91 Å². The lowest BCUT2D eigenvalue weighted by Crippen LogP contribution is -2.54. The Hall–Kier alpha value is -4.36. The van der Waals surface area contributed by atoms with Crippen LogP contribution in [0.3, 0.4) is 0 Å². The number of aliphatic hydroxyl groups is 1. The van der Waals surface area contributed by atoms with Gasteiger partial charge in [0, 0.05) is 25.1 Å². The Kier molecular flexibility index (Phi) is 7.14. The second-order valence-electron chi connectivity index (χ2n) is 10.9. The maximum absolute atomic E-state index is 14.0. The largest absolute Gasteiger partial charge is 0.390 e. The van der Waals surface area contributed by atoms with Crippen molar-refractivity contribution in [3.63, 3.8) is 0 Å². The van der Waals surface area contributed by atoms with Gasteiger partial charge in [0.1, 0.15) is 11.6 Å². The van der Waals surface area contributed by atoms with Crippen LogP contribution in [0.1, 0.15) is 45.9 Å². The smallest absolute Gasteiger partial charge is 0.253 e. The van der Waals surface area contributed by atoms with E-state index < -0.39 is 17.6 Å². The molecule has 5 nitrogen and oxygen atoms in total. The Morgan fingerprint density at radius 1 is 0.780 bits per heavy atom. The molecule has 208 valence electrons. The van der Waals surface area contributed by atoms with Crippen LogP contribution < -0.4 is 5.32 Å². The van der Waals surface area contributed by atoms with Gasteiger partial charge in [-0.05, 0) is 77.1 Å². The van der Waals surface area contributed by atoms with Crippen molar-refractivity contribution in [2.45, 2.75) is 36.8 Å². The first-order chi connectivity index (χ1) is 19.8. The number of fused-ring (bicyclic) bond motifs is 1. The highest BCUT2D eigenvalue weighted by Gasteiger charge is 2.46. The van der Waals surface area contributed by atoms with Crippen LogP contribution in [-0.2, 0) is 16.6 Å². The van der Waals surface area contributed by atoms with Gasteiger partial charge >= 0.3 is 0 Å². The van der Waals surface area contributed by atoms with E-state index in [-0.39, 0.29) is 23.4 Å². The number of carbonyl (C=O) groups excluding carboxylic acids is 2. The molecule has 0 unspecified atom stereocenters. The Labute approximate surface area is 237 Å². The molecular formula is C34H30F2N2O3. The second-order valence-corrected chi connectivity index (χ2v) is 10.9. The molecule has 2 aliphatic rings. The molecule has 0 saturated carbocycles. The van der Waals surface area contributed by atoms with E-state index in [1.165, 1.54) is 24.3 Å². The number of halogens is 2. The molecule has 4 aromatic rings. The molecule has 1 aliphatic carbocycles. The van der Waals surface area contributed by atoms with Crippen molar-refractivity contribution >= 4 is 11.8 Å². The van der Waals surface area contributed by atoms with E-state index in [4.69, 9.17) is 0 Å². The molecule has 1 fully saturated rings. The van der Waals surface area contributed by atoms with E-state index in [0.29, 0.717) is 43.5 Å². The fourth-order valence-electron chi connectivity index (χ4n) is 6.16. The minimum Gasteiger partial charge on any atom is -0.390 e. The Morgan fingerprint density at radius 3 is 1.98 bits per heavy atom. The summed E-state index contributed by atoms with van der Waals surface area (Å²) in [6, 6.07) is 26.5. The summed E-state index contributed by atoms with van der Waals surface area (Å²) in [7, 11) is 0. The highest BCUT2D eigenvalue weighted by molar-refractivity contribution is 5.95. The Balaban J connectivity index is 1.21. The first-order valence-corrected chi connectivity index (χ1v) is 13.8. The van der Waals surface area contributed by atoms with Gasteiger partial charge in [-0.1, -0.05) is 60.7 Å². The molecule has 1 heterocycles. The monoisotopic (exact) mass is 552 g/mol. The van der Waals surface area contributed by atoms with Crippen LogP contribution in [0.25, 0.3) is 11.1 Å². The number of benzene rings is 4. The van der Waals surface area contributed by atoms with Crippen LogP contribution >= 0.6 is 0 Å². The molecule has 1 aliphatic heterocycles. The van der Waals surface area contributed by atoms with Crippen LogP contribution in [-0.4, -0.2) is 41.0 Å². The van der Waals surface area contributed by atoms with E-state index in [1.807, 2.05) is 36.4 Å². The Bertz CT molecular complexity index is 1560. The topological polar surface area (TPSA) is 69.6 Å². The van der Waals surface area contributed by atoms with Crippen molar-refractivity contribution in [3.05, 3.63) is 131 Å². The highest BCUT2D eigenvalue weighted by Crippen LogP contribution is 2.39. The molecule has 6 rings (SSSR count). The molecule has 0 aromatic heterocycles. The van der Waals surface area contributed by atoms with E-state index in [0.717, 1.165) is 22.3 Å². The van der Waals surface area contributed by atoms with E-state index in [2.05, 4.69) is 5.32 Å². The fourth-order valence-corrected chi connectivity index (χ4v) is 6.16. The predicted octanol–water partition coefficient (Wildman–Crippen LogP) is 5.58. The number of nitrogens with zero attached hydrogens (tertiary/aromatic N) is 1. The summed E-state index contributed by atoms with van der Waals surface area (Å²) in [4.78, 5) is 29.2. The molecule has 0 spiro atoms. The van der Waals surface area contributed by atoms with Crippen molar-refractivity contribution in [1.29, 1.82) is 0 Å². The normalized spacial score (nSPS) is 19.4. The summed E-state index contributed by atoms with van der Waals surface area (Å²) < 4.78 is 27.1. The van der Waals surface area contributed by atoms with Crippen molar-refractivity contribution in [2.24, 2.45) is 0 Å². The van der Waals surface area contributed by atoms with Crippen LogP contribution in [0, 0.1) is 11.6 Å². The molecule has 41 heavy (non-hydrogen) atoms. The first-order valence-electron chi connectivity index (χ1n) is 13.8. The Morgan fingerprint density at radius 2 is 1.34 bits per heavy atom. The maximum atomic E-state index is 14.0. The lowest BCUT2D eigenvalue weighted by molar-refractivity contribution is -0.130. The molecule has 2 atom stereocenters. The quantitative estimate of drug-likeness (QED) is 0.340. The summed E-state index contributed by atoms with van der Waals surface area (Å²) in [6.45, 7) is 0.681. The van der Waals surface area contributed by atoms with Gasteiger partial charge in [0.15, 0.2) is 0 Å². The van der Waals surface area contributed by atoms with E-state index in [1.54, 1.807) is 41.3 Å². The van der Waals surface area contributed by atoms with Crippen LogP contribution in [0.2, 0.25) is 0 Å². The molecule has 7 heteroatoms. The minimum atomic E-state index is -0.978. The molecular weight excluding hydrogens is 522 g/mol. The third-order valence-electron chi connectivity index (χ3n) is 8.54. The molecule has 4 aromatic carbocycles. The molecule has 2 N–H and O–H groups in total. The number of hydrogen-bond donors (Lipinski definition) is 2. The SMILES string of the molecule is O=C(c1ccc(-c2ccc(F)cc2)cc1)N1CCC(C(=O)N[C@H]2c3ccccc3C[C@@H]2O)(c2ccc(F)cc2)CC1. The third-order valence-corrected chi connectivity index (χ3v) is 8.54. The zero-order valence-electron chi connectivity index (χ0n) is 22.4. The number of aliphatic hydroxyl groups excluding tert-OH is 1. The van der Waals surface area contributed by atoms with Gasteiger partial charge in [-0.2, -0.15) is 0 Å². The van der Waals surface area contributed by atoms with Gasteiger partial charge in [-0.15, -0.1) is 0 Å². The van der Waals surface area contributed by atoms with Gasteiger partial charge < -0.3 is 15.3 Å². The molecule has 2 amide bonds. The van der Waals surface area contributed by atoms with Gasteiger partial charge in [-0.25, -0.2) is 8.78 Å².